The molecule has 2 aromatic rings. The third-order valence-electron chi connectivity index (χ3n) is 3.91. The first-order chi connectivity index (χ1) is 9.86. The molecular formula is C18H19O2P. The third-order valence-corrected chi connectivity index (χ3v) is 6.67. The Balaban J connectivity index is 2.30. The summed E-state index contributed by atoms with van der Waals surface area (Å²) in [5.74, 6) is 0. The Bertz CT molecular complexity index is 774. The van der Waals surface area contributed by atoms with Crippen molar-refractivity contribution in [1.29, 1.82) is 0 Å². The molecule has 0 amide bonds. The summed E-state index contributed by atoms with van der Waals surface area (Å²) >= 11 is 0. The highest BCUT2D eigenvalue weighted by atomic mass is 31.2. The standard InChI is InChI=1S/C18H19O2P/c1-13(2)14-9-5-7-11-16(14)21(19)17-12-8-6-10-15(17)18(3,4)20-21/h5-12H,1H2,2-4H3. The predicted octanol–water partition coefficient (Wildman–Crippen LogP) is 4.21. The summed E-state index contributed by atoms with van der Waals surface area (Å²) in [7, 11) is -3.09. The average molecular weight is 298 g/mol. The Morgan fingerprint density at radius 3 is 2.29 bits per heavy atom. The van der Waals surface area contributed by atoms with Crippen LogP contribution in [0.25, 0.3) is 5.57 Å². The Kier molecular flexibility index (Phi) is 3.20. The van der Waals surface area contributed by atoms with E-state index < -0.39 is 13.0 Å². The molecule has 0 radical (unpaired) electrons. The zero-order valence-electron chi connectivity index (χ0n) is 12.6. The van der Waals surface area contributed by atoms with Crippen LogP contribution < -0.4 is 10.6 Å². The molecule has 0 N–H and O–H groups in total. The minimum atomic E-state index is -3.09. The summed E-state index contributed by atoms with van der Waals surface area (Å²) in [6.07, 6.45) is 0. The molecule has 3 rings (SSSR count). The molecule has 21 heavy (non-hydrogen) atoms. The van der Waals surface area contributed by atoms with Crippen LogP contribution in [0.5, 0.6) is 0 Å². The minimum Gasteiger partial charge on any atom is -0.311 e. The van der Waals surface area contributed by atoms with Gasteiger partial charge in [-0.2, -0.15) is 0 Å². The fraction of sp³-hybridized carbons (Fsp3) is 0.222. The molecule has 0 saturated carbocycles. The van der Waals surface area contributed by atoms with Gasteiger partial charge in [-0.3, -0.25) is 4.57 Å². The van der Waals surface area contributed by atoms with Crippen molar-refractivity contribution in [2.24, 2.45) is 0 Å². The molecule has 1 aliphatic rings. The predicted molar refractivity (Wildman–Crippen MR) is 88.6 cm³/mol. The van der Waals surface area contributed by atoms with E-state index in [-0.39, 0.29) is 0 Å². The van der Waals surface area contributed by atoms with Crippen molar-refractivity contribution >= 4 is 23.6 Å². The second-order valence-electron chi connectivity index (χ2n) is 5.97. The molecule has 2 aromatic carbocycles. The largest absolute Gasteiger partial charge is 0.311 e. The molecule has 1 heterocycles. The van der Waals surface area contributed by atoms with Crippen LogP contribution in [0.2, 0.25) is 0 Å². The highest BCUT2D eigenvalue weighted by molar-refractivity contribution is 7.75. The van der Waals surface area contributed by atoms with Gasteiger partial charge in [0, 0.05) is 10.6 Å². The topological polar surface area (TPSA) is 26.3 Å². The zero-order valence-corrected chi connectivity index (χ0v) is 13.5. The number of fused-ring (bicyclic) bond motifs is 1. The molecule has 0 spiro atoms. The van der Waals surface area contributed by atoms with E-state index in [1.165, 1.54) is 0 Å². The van der Waals surface area contributed by atoms with Crippen LogP contribution in [0.4, 0.5) is 0 Å². The molecule has 3 heteroatoms. The molecule has 0 fully saturated rings. The van der Waals surface area contributed by atoms with Crippen molar-refractivity contribution < 1.29 is 9.09 Å². The van der Waals surface area contributed by atoms with Gasteiger partial charge in [-0.1, -0.05) is 48.6 Å². The number of benzene rings is 2. The van der Waals surface area contributed by atoms with E-state index in [0.717, 1.165) is 27.3 Å². The van der Waals surface area contributed by atoms with Crippen molar-refractivity contribution in [3.05, 3.63) is 66.2 Å². The van der Waals surface area contributed by atoms with Gasteiger partial charge in [0.2, 0.25) is 0 Å². The molecule has 108 valence electrons. The van der Waals surface area contributed by atoms with Gasteiger partial charge < -0.3 is 4.52 Å². The highest BCUT2D eigenvalue weighted by Gasteiger charge is 2.47. The number of rotatable bonds is 2. The van der Waals surface area contributed by atoms with Crippen molar-refractivity contribution in [2.45, 2.75) is 26.4 Å². The monoisotopic (exact) mass is 298 g/mol. The Labute approximate surface area is 125 Å². The summed E-state index contributed by atoms with van der Waals surface area (Å²) in [5.41, 5.74) is 2.26. The Hall–Kier alpha value is -1.63. The minimum absolute atomic E-state index is 0.547. The Morgan fingerprint density at radius 2 is 1.62 bits per heavy atom. The second-order valence-corrected chi connectivity index (χ2v) is 8.22. The van der Waals surface area contributed by atoms with Crippen molar-refractivity contribution in [2.75, 3.05) is 0 Å². The second kappa shape index (κ2) is 4.69. The van der Waals surface area contributed by atoms with Crippen LogP contribution in [-0.2, 0) is 14.7 Å². The number of hydrogen-bond acceptors (Lipinski definition) is 2. The summed E-state index contributed by atoms with van der Waals surface area (Å²) in [5, 5.41) is 1.55. The molecule has 1 atom stereocenters. The lowest BCUT2D eigenvalue weighted by Crippen LogP contribution is -2.17. The van der Waals surface area contributed by atoms with Crippen LogP contribution in [0.1, 0.15) is 31.9 Å². The lowest BCUT2D eigenvalue weighted by atomic mass is 9.99. The fourth-order valence-electron chi connectivity index (χ4n) is 2.93. The zero-order chi connectivity index (χ0) is 15.3. The van der Waals surface area contributed by atoms with E-state index in [4.69, 9.17) is 4.52 Å². The molecule has 0 aromatic heterocycles. The molecule has 0 bridgehead atoms. The third kappa shape index (κ3) is 2.10. The van der Waals surface area contributed by atoms with E-state index in [1.807, 2.05) is 69.3 Å². The van der Waals surface area contributed by atoms with Crippen molar-refractivity contribution in [1.82, 2.24) is 0 Å². The van der Waals surface area contributed by atoms with Gasteiger partial charge >= 0.3 is 0 Å². The molecule has 0 saturated heterocycles. The smallest absolute Gasteiger partial charge is 0.263 e. The van der Waals surface area contributed by atoms with Gasteiger partial charge in [0.1, 0.15) is 0 Å². The summed E-state index contributed by atoms with van der Waals surface area (Å²) in [6, 6.07) is 15.5. The van der Waals surface area contributed by atoms with E-state index in [9.17, 15) is 4.57 Å². The van der Waals surface area contributed by atoms with Gasteiger partial charge in [0.05, 0.1) is 5.60 Å². The molecular weight excluding hydrogens is 279 g/mol. The SMILES string of the molecule is C=C(C)c1ccccc1P1(=O)OC(C)(C)c2ccccc21. The van der Waals surface area contributed by atoms with E-state index >= 15 is 0 Å². The van der Waals surface area contributed by atoms with Crippen LogP contribution >= 0.6 is 7.37 Å². The average Bonchev–Trinajstić information content (AvgIpc) is 2.67. The van der Waals surface area contributed by atoms with E-state index in [1.54, 1.807) is 0 Å². The van der Waals surface area contributed by atoms with Crippen LogP contribution in [-0.4, -0.2) is 0 Å². The lowest BCUT2D eigenvalue weighted by Gasteiger charge is -2.22. The van der Waals surface area contributed by atoms with Gasteiger partial charge in [-0.15, -0.1) is 0 Å². The number of allylic oxidation sites excluding steroid dienone is 1. The van der Waals surface area contributed by atoms with E-state index in [0.29, 0.717) is 0 Å². The molecule has 2 nitrogen and oxygen atoms in total. The molecule has 0 aliphatic carbocycles. The van der Waals surface area contributed by atoms with Gasteiger partial charge in [0.15, 0.2) is 0 Å². The Morgan fingerprint density at radius 1 is 1.05 bits per heavy atom. The lowest BCUT2D eigenvalue weighted by molar-refractivity contribution is 0.131. The maximum atomic E-state index is 13.7. The summed E-state index contributed by atoms with van der Waals surface area (Å²) < 4.78 is 19.8. The van der Waals surface area contributed by atoms with Gasteiger partial charge in [-0.25, -0.2) is 0 Å². The fourth-order valence-corrected chi connectivity index (χ4v) is 5.93. The summed E-state index contributed by atoms with van der Waals surface area (Å²) in [6.45, 7) is 9.87. The van der Waals surface area contributed by atoms with Crippen molar-refractivity contribution in [3.63, 3.8) is 0 Å². The van der Waals surface area contributed by atoms with Crippen LogP contribution in [0.15, 0.2) is 55.1 Å². The van der Waals surface area contributed by atoms with Gasteiger partial charge in [-0.05, 0) is 44.0 Å². The highest BCUT2D eigenvalue weighted by Crippen LogP contribution is 2.58. The van der Waals surface area contributed by atoms with Crippen LogP contribution in [0.3, 0.4) is 0 Å². The first-order valence-electron chi connectivity index (χ1n) is 7.02. The van der Waals surface area contributed by atoms with Crippen molar-refractivity contribution in [3.8, 4) is 0 Å². The first-order valence-corrected chi connectivity index (χ1v) is 8.65. The quantitative estimate of drug-likeness (QED) is 0.776. The number of hydrogen-bond donors (Lipinski definition) is 0. The molecule has 1 aliphatic heterocycles. The maximum Gasteiger partial charge on any atom is 0.263 e. The normalized spacial score (nSPS) is 22.8. The van der Waals surface area contributed by atoms with E-state index in [2.05, 4.69) is 6.58 Å². The van der Waals surface area contributed by atoms with Crippen LogP contribution in [0, 0.1) is 0 Å². The summed E-state index contributed by atoms with van der Waals surface area (Å²) in [4.78, 5) is 0. The molecule has 1 unspecified atom stereocenters. The maximum absolute atomic E-state index is 13.7. The van der Waals surface area contributed by atoms with Gasteiger partial charge in [0.25, 0.3) is 7.37 Å². The first kappa shape index (κ1) is 14.3.